The molecule has 0 aromatic heterocycles. The van der Waals surface area contributed by atoms with E-state index in [1.165, 1.54) is 19.3 Å². The zero-order chi connectivity index (χ0) is 13.0. The topological polar surface area (TPSA) is 49.6 Å². The summed E-state index contributed by atoms with van der Waals surface area (Å²) in [6.45, 7) is 4.45. The van der Waals surface area contributed by atoms with Gasteiger partial charge in [0.1, 0.15) is 0 Å². The lowest BCUT2D eigenvalue weighted by Gasteiger charge is -2.39. The van der Waals surface area contributed by atoms with Gasteiger partial charge in [-0.25, -0.2) is 0 Å². The molecule has 1 aliphatic carbocycles. The normalized spacial score (nSPS) is 23.8. The van der Waals surface area contributed by atoms with E-state index in [1.54, 1.807) is 0 Å². The summed E-state index contributed by atoms with van der Waals surface area (Å²) >= 11 is 0. The number of amides is 1. The molecule has 1 aliphatic heterocycles. The fraction of sp³-hybridized carbons (Fsp3) is 0.929. The molecule has 0 spiro atoms. The van der Waals surface area contributed by atoms with E-state index < -0.39 is 0 Å². The lowest BCUT2D eigenvalue weighted by Crippen LogP contribution is -2.49. The molecule has 0 aromatic carbocycles. The molecule has 0 radical (unpaired) electrons. The molecule has 2 rings (SSSR count). The lowest BCUT2D eigenvalue weighted by molar-refractivity contribution is -0.135. The van der Waals surface area contributed by atoms with Crippen molar-refractivity contribution < 1.29 is 4.79 Å². The summed E-state index contributed by atoms with van der Waals surface area (Å²) < 4.78 is 0. The van der Waals surface area contributed by atoms with Crippen LogP contribution in [-0.4, -0.2) is 55.5 Å². The molecule has 112 valence electrons. The first-order chi connectivity index (χ1) is 8.65. The number of carbonyl (C=O) groups excluding carboxylic acids is 1. The molecule has 0 bridgehead atoms. The second-order valence-corrected chi connectivity index (χ2v) is 6.13. The van der Waals surface area contributed by atoms with E-state index in [4.69, 9.17) is 5.73 Å². The predicted octanol–water partition coefficient (Wildman–Crippen LogP) is 1.48. The zero-order valence-corrected chi connectivity index (χ0v) is 12.9. The van der Waals surface area contributed by atoms with Crippen LogP contribution >= 0.6 is 12.4 Å². The molecule has 0 unspecified atom stereocenters. The summed E-state index contributed by atoms with van der Waals surface area (Å²) in [6.07, 6.45) is 6.75. The van der Waals surface area contributed by atoms with Gasteiger partial charge in [-0.2, -0.15) is 0 Å². The third-order valence-corrected chi connectivity index (χ3v) is 4.73. The largest absolute Gasteiger partial charge is 0.340 e. The molecule has 1 amide bonds. The second-order valence-electron chi connectivity index (χ2n) is 6.13. The molecular formula is C14H28ClN3O. The van der Waals surface area contributed by atoms with Gasteiger partial charge in [0.25, 0.3) is 0 Å². The molecule has 0 aromatic rings. The van der Waals surface area contributed by atoms with E-state index in [-0.39, 0.29) is 17.8 Å². The maximum atomic E-state index is 12.4. The highest BCUT2D eigenvalue weighted by molar-refractivity contribution is 5.85. The number of rotatable bonds is 3. The molecule has 0 atom stereocenters. The van der Waals surface area contributed by atoms with Crippen LogP contribution < -0.4 is 5.73 Å². The SMILES string of the molecule is CN1CCN(C(=O)CC2(CN)CCCCC2)CC1.Cl. The molecule has 5 heteroatoms. The Morgan fingerprint density at radius 1 is 1.11 bits per heavy atom. The number of nitrogens with two attached hydrogens (primary N) is 1. The highest BCUT2D eigenvalue weighted by atomic mass is 35.5. The first-order valence-electron chi connectivity index (χ1n) is 7.32. The van der Waals surface area contributed by atoms with Crippen molar-refractivity contribution in [2.45, 2.75) is 38.5 Å². The minimum Gasteiger partial charge on any atom is -0.340 e. The van der Waals surface area contributed by atoms with Gasteiger partial charge in [0.05, 0.1) is 0 Å². The van der Waals surface area contributed by atoms with Crippen molar-refractivity contribution in [1.82, 2.24) is 9.80 Å². The molecule has 2 N–H and O–H groups in total. The Bertz CT molecular complexity index is 284. The quantitative estimate of drug-likeness (QED) is 0.856. The van der Waals surface area contributed by atoms with Gasteiger partial charge in [-0.05, 0) is 31.8 Å². The van der Waals surface area contributed by atoms with Crippen molar-refractivity contribution in [2.75, 3.05) is 39.8 Å². The van der Waals surface area contributed by atoms with Crippen molar-refractivity contribution in [1.29, 1.82) is 0 Å². The second kappa shape index (κ2) is 7.46. The van der Waals surface area contributed by atoms with E-state index in [0.717, 1.165) is 39.0 Å². The Kier molecular flexibility index (Phi) is 6.57. The van der Waals surface area contributed by atoms with Crippen LogP contribution in [-0.2, 0) is 4.79 Å². The molecule has 1 saturated heterocycles. The summed E-state index contributed by atoms with van der Waals surface area (Å²) in [5.74, 6) is 0.329. The van der Waals surface area contributed by atoms with Gasteiger partial charge in [-0.15, -0.1) is 12.4 Å². The van der Waals surface area contributed by atoms with Crippen molar-refractivity contribution in [3.63, 3.8) is 0 Å². The molecule has 2 fully saturated rings. The van der Waals surface area contributed by atoms with Crippen LogP contribution in [0.15, 0.2) is 0 Å². The first kappa shape index (κ1) is 16.7. The van der Waals surface area contributed by atoms with Gasteiger partial charge in [-0.1, -0.05) is 19.3 Å². The average Bonchev–Trinajstić information content (AvgIpc) is 2.40. The summed E-state index contributed by atoms with van der Waals surface area (Å²) in [6, 6.07) is 0. The van der Waals surface area contributed by atoms with Gasteiger partial charge in [0.15, 0.2) is 0 Å². The Morgan fingerprint density at radius 2 is 1.68 bits per heavy atom. The van der Waals surface area contributed by atoms with E-state index in [2.05, 4.69) is 11.9 Å². The maximum absolute atomic E-state index is 12.4. The Labute approximate surface area is 123 Å². The zero-order valence-electron chi connectivity index (χ0n) is 12.1. The third kappa shape index (κ3) is 4.33. The van der Waals surface area contributed by atoms with Gasteiger partial charge >= 0.3 is 0 Å². The fourth-order valence-electron chi connectivity index (χ4n) is 3.24. The van der Waals surface area contributed by atoms with E-state index in [1.807, 2.05) is 4.90 Å². The smallest absolute Gasteiger partial charge is 0.223 e. The summed E-state index contributed by atoms with van der Waals surface area (Å²) in [5.41, 5.74) is 6.07. The number of carbonyl (C=O) groups is 1. The highest BCUT2D eigenvalue weighted by Gasteiger charge is 2.34. The van der Waals surface area contributed by atoms with Crippen LogP contribution in [0.1, 0.15) is 38.5 Å². The number of halogens is 1. The predicted molar refractivity (Wildman–Crippen MR) is 80.5 cm³/mol. The van der Waals surface area contributed by atoms with E-state index in [0.29, 0.717) is 18.9 Å². The summed E-state index contributed by atoms with van der Waals surface area (Å²) in [4.78, 5) is 16.7. The summed E-state index contributed by atoms with van der Waals surface area (Å²) in [5, 5.41) is 0. The van der Waals surface area contributed by atoms with Crippen LogP contribution in [0.2, 0.25) is 0 Å². The minimum absolute atomic E-state index is 0. The fourth-order valence-corrected chi connectivity index (χ4v) is 3.24. The van der Waals surface area contributed by atoms with Gasteiger partial charge in [-0.3, -0.25) is 4.79 Å². The lowest BCUT2D eigenvalue weighted by atomic mass is 9.71. The highest BCUT2D eigenvalue weighted by Crippen LogP contribution is 2.38. The molecule has 4 nitrogen and oxygen atoms in total. The summed E-state index contributed by atoms with van der Waals surface area (Å²) in [7, 11) is 2.12. The standard InChI is InChI=1S/C14H27N3O.ClH/c1-16-7-9-17(10-8-16)13(18)11-14(12-15)5-3-2-4-6-14;/h2-12,15H2,1H3;1H. The van der Waals surface area contributed by atoms with E-state index >= 15 is 0 Å². The Hall–Kier alpha value is -0.320. The van der Waals surface area contributed by atoms with Gasteiger partial charge < -0.3 is 15.5 Å². The maximum Gasteiger partial charge on any atom is 0.223 e. The first-order valence-corrected chi connectivity index (χ1v) is 7.32. The molecule has 1 heterocycles. The van der Waals surface area contributed by atoms with Crippen molar-refractivity contribution in [3.05, 3.63) is 0 Å². The van der Waals surface area contributed by atoms with Crippen LogP contribution in [0.5, 0.6) is 0 Å². The molecular weight excluding hydrogens is 262 g/mol. The van der Waals surface area contributed by atoms with Crippen LogP contribution in [0, 0.1) is 5.41 Å². The molecule has 1 saturated carbocycles. The Morgan fingerprint density at radius 3 is 2.21 bits per heavy atom. The monoisotopic (exact) mass is 289 g/mol. The third-order valence-electron chi connectivity index (χ3n) is 4.73. The van der Waals surface area contributed by atoms with Crippen molar-refractivity contribution >= 4 is 18.3 Å². The van der Waals surface area contributed by atoms with Crippen LogP contribution in [0.4, 0.5) is 0 Å². The number of piperazine rings is 1. The number of hydrogen-bond donors (Lipinski definition) is 1. The number of hydrogen-bond acceptors (Lipinski definition) is 3. The van der Waals surface area contributed by atoms with Crippen LogP contribution in [0.25, 0.3) is 0 Å². The molecule has 2 aliphatic rings. The van der Waals surface area contributed by atoms with Crippen LogP contribution in [0.3, 0.4) is 0 Å². The van der Waals surface area contributed by atoms with Gasteiger partial charge in [0.2, 0.25) is 5.91 Å². The minimum atomic E-state index is 0. The van der Waals surface area contributed by atoms with E-state index in [9.17, 15) is 4.79 Å². The van der Waals surface area contributed by atoms with Crippen molar-refractivity contribution in [2.24, 2.45) is 11.1 Å². The number of likely N-dealkylation sites (N-methyl/N-ethyl adjacent to an activating group) is 1. The number of nitrogens with zero attached hydrogens (tertiary/aromatic N) is 2. The molecule has 19 heavy (non-hydrogen) atoms. The Balaban J connectivity index is 0.00000180. The average molecular weight is 290 g/mol. The van der Waals surface area contributed by atoms with Gasteiger partial charge in [0, 0.05) is 32.6 Å². The van der Waals surface area contributed by atoms with Crippen molar-refractivity contribution in [3.8, 4) is 0 Å².